The molecule has 0 bridgehead atoms. The number of Topliss-reactive ketones (excluding diaryl/α,β-unsaturated/α-hetero) is 1. The van der Waals surface area contributed by atoms with E-state index in [1.165, 1.54) is 26.2 Å². The number of ketones is 1. The SMILES string of the molecule is COc1ccc(C(C)=O)c(NC(=O)C(Cl)(Cl)Cl)c1. The number of halogens is 3. The van der Waals surface area contributed by atoms with Gasteiger partial charge in [0.1, 0.15) is 5.75 Å². The molecule has 7 heteroatoms. The summed E-state index contributed by atoms with van der Waals surface area (Å²) < 4.78 is 2.90. The summed E-state index contributed by atoms with van der Waals surface area (Å²) in [7, 11) is 1.46. The van der Waals surface area contributed by atoms with Gasteiger partial charge < -0.3 is 10.1 Å². The third-order valence-electron chi connectivity index (χ3n) is 2.11. The number of hydrogen-bond acceptors (Lipinski definition) is 3. The molecule has 0 saturated heterocycles. The van der Waals surface area contributed by atoms with E-state index in [-0.39, 0.29) is 11.5 Å². The molecule has 0 heterocycles. The Hall–Kier alpha value is -0.970. The molecule has 0 aliphatic heterocycles. The van der Waals surface area contributed by atoms with Crippen molar-refractivity contribution < 1.29 is 14.3 Å². The van der Waals surface area contributed by atoms with Crippen molar-refractivity contribution in [1.82, 2.24) is 0 Å². The fourth-order valence-electron chi connectivity index (χ4n) is 1.25. The number of benzene rings is 1. The molecule has 0 aliphatic carbocycles. The zero-order chi connectivity index (χ0) is 13.9. The Morgan fingerprint density at radius 1 is 1.28 bits per heavy atom. The number of carbonyl (C=O) groups excluding carboxylic acids is 2. The molecule has 0 unspecified atom stereocenters. The summed E-state index contributed by atoms with van der Waals surface area (Å²) in [5, 5.41) is 2.37. The standard InChI is InChI=1S/C11H10Cl3NO3/c1-6(16)8-4-3-7(18-2)5-9(8)15-10(17)11(12,13)14/h3-5H,1-2H3,(H,15,17). The van der Waals surface area contributed by atoms with E-state index >= 15 is 0 Å². The summed E-state index contributed by atoms with van der Waals surface area (Å²) in [5.41, 5.74) is 0.538. The maximum atomic E-state index is 11.5. The molecule has 1 amide bonds. The van der Waals surface area contributed by atoms with Crippen LogP contribution < -0.4 is 10.1 Å². The number of carbonyl (C=O) groups is 2. The quantitative estimate of drug-likeness (QED) is 0.689. The lowest BCUT2D eigenvalue weighted by molar-refractivity contribution is -0.115. The summed E-state index contributed by atoms with van der Waals surface area (Å²) in [5.74, 6) is -0.597. The van der Waals surface area contributed by atoms with Gasteiger partial charge in [-0.05, 0) is 19.1 Å². The third-order valence-corrected chi connectivity index (χ3v) is 2.63. The van der Waals surface area contributed by atoms with E-state index in [4.69, 9.17) is 39.5 Å². The molecule has 0 aromatic heterocycles. The summed E-state index contributed by atoms with van der Waals surface area (Å²) in [6.45, 7) is 1.37. The molecule has 98 valence electrons. The molecular weight excluding hydrogens is 300 g/mol. The highest BCUT2D eigenvalue weighted by atomic mass is 35.6. The minimum Gasteiger partial charge on any atom is -0.497 e. The van der Waals surface area contributed by atoms with Crippen LogP contribution in [-0.2, 0) is 4.79 Å². The van der Waals surface area contributed by atoms with E-state index in [1.807, 2.05) is 0 Å². The summed E-state index contributed by atoms with van der Waals surface area (Å²) in [4.78, 5) is 23.0. The molecule has 4 nitrogen and oxygen atoms in total. The van der Waals surface area contributed by atoms with E-state index in [0.717, 1.165) is 0 Å². The number of methoxy groups -OCH3 is 1. The molecular formula is C11H10Cl3NO3. The van der Waals surface area contributed by atoms with Crippen LogP contribution in [0.5, 0.6) is 5.75 Å². The van der Waals surface area contributed by atoms with Crippen LogP contribution >= 0.6 is 34.8 Å². The number of hydrogen-bond donors (Lipinski definition) is 1. The Bertz CT molecular complexity index is 483. The average molecular weight is 311 g/mol. The number of ether oxygens (including phenoxy) is 1. The van der Waals surface area contributed by atoms with Crippen molar-refractivity contribution >= 4 is 52.2 Å². The Morgan fingerprint density at radius 3 is 2.33 bits per heavy atom. The van der Waals surface area contributed by atoms with E-state index in [9.17, 15) is 9.59 Å². The van der Waals surface area contributed by atoms with Gasteiger partial charge in [0.2, 0.25) is 0 Å². The third kappa shape index (κ3) is 3.77. The van der Waals surface area contributed by atoms with Crippen molar-refractivity contribution in [2.45, 2.75) is 10.7 Å². The van der Waals surface area contributed by atoms with Crippen LogP contribution in [0, 0.1) is 0 Å². The Kier molecular flexibility index (Phi) is 4.85. The van der Waals surface area contributed by atoms with Gasteiger partial charge in [-0.1, -0.05) is 34.8 Å². The maximum absolute atomic E-state index is 11.5. The molecule has 0 atom stereocenters. The van der Waals surface area contributed by atoms with E-state index in [0.29, 0.717) is 11.3 Å². The van der Waals surface area contributed by atoms with Gasteiger partial charge >= 0.3 is 0 Å². The highest BCUT2D eigenvalue weighted by Crippen LogP contribution is 2.30. The van der Waals surface area contributed by atoms with Crippen LogP contribution in [0.15, 0.2) is 18.2 Å². The second kappa shape index (κ2) is 5.78. The van der Waals surface area contributed by atoms with E-state index < -0.39 is 9.70 Å². The lowest BCUT2D eigenvalue weighted by atomic mass is 10.1. The van der Waals surface area contributed by atoms with Crippen LogP contribution in [0.4, 0.5) is 5.69 Å². The molecule has 0 aliphatic rings. The molecule has 1 rings (SSSR count). The highest BCUT2D eigenvalue weighted by Gasteiger charge is 2.31. The second-order valence-electron chi connectivity index (χ2n) is 3.42. The van der Waals surface area contributed by atoms with Crippen LogP contribution in [-0.4, -0.2) is 22.6 Å². The topological polar surface area (TPSA) is 55.4 Å². The number of rotatable bonds is 3. The number of anilines is 1. The van der Waals surface area contributed by atoms with Gasteiger partial charge in [0.05, 0.1) is 12.8 Å². The fourth-order valence-corrected chi connectivity index (χ4v) is 1.40. The van der Waals surface area contributed by atoms with E-state index in [1.54, 1.807) is 6.07 Å². The summed E-state index contributed by atoms with van der Waals surface area (Å²) >= 11 is 16.3. The first kappa shape index (κ1) is 15.1. The Morgan fingerprint density at radius 2 is 1.89 bits per heavy atom. The van der Waals surface area contributed by atoms with Crippen molar-refractivity contribution in [2.75, 3.05) is 12.4 Å². The summed E-state index contributed by atoms with van der Waals surface area (Å²) in [6.07, 6.45) is 0. The van der Waals surface area contributed by atoms with Crippen LogP contribution in [0.25, 0.3) is 0 Å². The maximum Gasteiger partial charge on any atom is 0.276 e. The van der Waals surface area contributed by atoms with Crippen LogP contribution in [0.1, 0.15) is 17.3 Å². The number of nitrogens with one attached hydrogen (secondary N) is 1. The zero-order valence-electron chi connectivity index (χ0n) is 9.59. The van der Waals surface area contributed by atoms with Gasteiger partial charge in [-0.2, -0.15) is 0 Å². The second-order valence-corrected chi connectivity index (χ2v) is 5.70. The lowest BCUT2D eigenvalue weighted by Gasteiger charge is -2.14. The first-order valence-electron chi connectivity index (χ1n) is 4.83. The minimum absolute atomic E-state index is 0.225. The molecule has 0 radical (unpaired) electrons. The van der Waals surface area contributed by atoms with Crippen LogP contribution in [0.3, 0.4) is 0 Å². The average Bonchev–Trinajstić information content (AvgIpc) is 2.27. The van der Waals surface area contributed by atoms with Crippen molar-refractivity contribution in [2.24, 2.45) is 0 Å². The molecule has 1 aromatic carbocycles. The molecule has 1 aromatic rings. The fraction of sp³-hybridized carbons (Fsp3) is 0.273. The Labute approximate surface area is 119 Å². The van der Waals surface area contributed by atoms with Crippen LogP contribution in [0.2, 0.25) is 0 Å². The van der Waals surface area contributed by atoms with E-state index in [2.05, 4.69) is 5.32 Å². The molecule has 18 heavy (non-hydrogen) atoms. The number of alkyl halides is 3. The van der Waals surface area contributed by atoms with Gasteiger partial charge in [0.25, 0.3) is 9.70 Å². The van der Waals surface area contributed by atoms with Gasteiger partial charge in [-0.3, -0.25) is 9.59 Å². The first-order chi connectivity index (χ1) is 8.25. The predicted molar refractivity (Wildman–Crippen MR) is 71.9 cm³/mol. The van der Waals surface area contributed by atoms with Crippen molar-refractivity contribution in [1.29, 1.82) is 0 Å². The van der Waals surface area contributed by atoms with Crippen molar-refractivity contribution in [3.8, 4) is 5.75 Å². The highest BCUT2D eigenvalue weighted by molar-refractivity contribution is 6.76. The Balaban J connectivity index is 3.12. The molecule has 1 N–H and O–H groups in total. The van der Waals surface area contributed by atoms with Gasteiger partial charge in [-0.15, -0.1) is 0 Å². The van der Waals surface area contributed by atoms with Crippen molar-refractivity contribution in [3.63, 3.8) is 0 Å². The minimum atomic E-state index is -2.10. The van der Waals surface area contributed by atoms with Gasteiger partial charge in [-0.25, -0.2) is 0 Å². The monoisotopic (exact) mass is 309 g/mol. The molecule has 0 saturated carbocycles. The predicted octanol–water partition coefficient (Wildman–Crippen LogP) is 3.21. The molecule has 0 spiro atoms. The lowest BCUT2D eigenvalue weighted by Crippen LogP contribution is -2.27. The number of amides is 1. The van der Waals surface area contributed by atoms with Crippen molar-refractivity contribution in [3.05, 3.63) is 23.8 Å². The van der Waals surface area contributed by atoms with Gasteiger partial charge in [0, 0.05) is 11.6 Å². The summed E-state index contributed by atoms with van der Waals surface area (Å²) in [6, 6.07) is 4.60. The normalized spacial score (nSPS) is 10.9. The largest absolute Gasteiger partial charge is 0.497 e. The zero-order valence-corrected chi connectivity index (χ0v) is 11.9. The first-order valence-corrected chi connectivity index (χ1v) is 5.96. The smallest absolute Gasteiger partial charge is 0.276 e. The van der Waals surface area contributed by atoms with Gasteiger partial charge in [0.15, 0.2) is 5.78 Å². The molecule has 0 fully saturated rings.